The average Bonchev–Trinajstić information content (AvgIpc) is 2.74. The highest BCUT2D eigenvalue weighted by molar-refractivity contribution is 6.05. The molecule has 1 N–H and O–H groups in total. The Morgan fingerprint density at radius 2 is 2.32 bits per heavy atom. The van der Waals surface area contributed by atoms with Gasteiger partial charge in [-0.1, -0.05) is 13.0 Å². The largest absolute Gasteiger partial charge is 0.466 e. The van der Waals surface area contributed by atoms with E-state index >= 15 is 0 Å². The molecule has 6 nitrogen and oxygen atoms in total. The van der Waals surface area contributed by atoms with Gasteiger partial charge in [0.25, 0.3) is 5.91 Å². The summed E-state index contributed by atoms with van der Waals surface area (Å²) in [6.07, 6.45) is 0.501. The van der Waals surface area contributed by atoms with Crippen molar-refractivity contribution >= 4 is 22.9 Å². The van der Waals surface area contributed by atoms with Crippen molar-refractivity contribution in [1.29, 1.82) is 0 Å². The molecule has 1 atom stereocenters. The van der Waals surface area contributed by atoms with Crippen molar-refractivity contribution in [1.82, 2.24) is 14.9 Å². The second kappa shape index (κ2) is 5.79. The van der Waals surface area contributed by atoms with Crippen LogP contribution in [0.3, 0.4) is 0 Å². The Bertz CT molecular complexity index is 736. The summed E-state index contributed by atoms with van der Waals surface area (Å²) in [5, 5.41) is 2.88. The average molecular weight is 301 g/mol. The van der Waals surface area contributed by atoms with Crippen molar-refractivity contribution in [2.45, 2.75) is 26.8 Å². The summed E-state index contributed by atoms with van der Waals surface area (Å²) in [4.78, 5) is 28.5. The number of aromatic nitrogens is 2. The highest BCUT2D eigenvalue weighted by Gasteiger charge is 2.23. The van der Waals surface area contributed by atoms with E-state index in [1.807, 2.05) is 23.6 Å². The van der Waals surface area contributed by atoms with Gasteiger partial charge in [0.1, 0.15) is 5.82 Å². The lowest BCUT2D eigenvalue weighted by Gasteiger charge is -2.12. The molecule has 0 fully saturated rings. The van der Waals surface area contributed by atoms with Crippen LogP contribution in [-0.4, -0.2) is 34.6 Å². The van der Waals surface area contributed by atoms with Gasteiger partial charge >= 0.3 is 5.97 Å². The van der Waals surface area contributed by atoms with Crippen LogP contribution in [0.1, 0.15) is 30.0 Å². The van der Waals surface area contributed by atoms with Gasteiger partial charge in [-0.3, -0.25) is 9.59 Å². The number of carbonyl (C=O) groups is 2. The van der Waals surface area contributed by atoms with Crippen molar-refractivity contribution in [3.8, 4) is 0 Å². The zero-order valence-corrected chi connectivity index (χ0v) is 12.8. The fraction of sp³-hybridized carbons (Fsp3) is 0.438. The van der Waals surface area contributed by atoms with Gasteiger partial charge in [0, 0.05) is 19.5 Å². The van der Waals surface area contributed by atoms with Crippen molar-refractivity contribution in [2.24, 2.45) is 5.92 Å². The molecule has 0 unspecified atom stereocenters. The third kappa shape index (κ3) is 2.45. The summed E-state index contributed by atoms with van der Waals surface area (Å²) in [7, 11) is 0. The maximum atomic E-state index is 12.1. The topological polar surface area (TPSA) is 73.2 Å². The van der Waals surface area contributed by atoms with Gasteiger partial charge in [0.05, 0.1) is 29.1 Å². The van der Waals surface area contributed by atoms with Gasteiger partial charge < -0.3 is 14.6 Å². The summed E-state index contributed by atoms with van der Waals surface area (Å²) in [5.74, 6) is 0.266. The van der Waals surface area contributed by atoms with E-state index in [2.05, 4.69) is 10.3 Å². The molecule has 1 aliphatic heterocycles. The number of carbonyl (C=O) groups excluding carboxylic acids is 2. The van der Waals surface area contributed by atoms with E-state index in [0.29, 0.717) is 31.7 Å². The number of nitrogens with one attached hydrogen (secondary N) is 1. The smallest absolute Gasteiger partial charge is 0.309 e. The first-order valence-electron chi connectivity index (χ1n) is 7.54. The molecule has 2 aromatic rings. The van der Waals surface area contributed by atoms with E-state index in [0.717, 1.165) is 16.9 Å². The van der Waals surface area contributed by atoms with E-state index < -0.39 is 0 Å². The molecule has 1 aliphatic rings. The molecule has 0 bridgehead atoms. The van der Waals surface area contributed by atoms with Crippen LogP contribution in [0, 0.1) is 5.92 Å². The molecule has 3 rings (SSSR count). The predicted octanol–water partition coefficient (Wildman–Crippen LogP) is 1.52. The van der Waals surface area contributed by atoms with E-state index in [4.69, 9.17) is 4.74 Å². The molecule has 0 saturated heterocycles. The number of nitrogens with zero attached hydrogens (tertiary/aromatic N) is 2. The lowest BCUT2D eigenvalue weighted by Crippen LogP contribution is -2.25. The van der Waals surface area contributed by atoms with Gasteiger partial charge in [-0.2, -0.15) is 0 Å². The lowest BCUT2D eigenvalue weighted by atomic mass is 10.1. The zero-order valence-electron chi connectivity index (χ0n) is 12.8. The summed E-state index contributed by atoms with van der Waals surface area (Å²) < 4.78 is 7.10. The fourth-order valence-electron chi connectivity index (χ4n) is 2.83. The summed E-state index contributed by atoms with van der Waals surface area (Å²) in [6.45, 7) is 5.23. The number of ether oxygens (including phenoxy) is 1. The SMILES string of the molecule is CCOC(=O)[C@@H](C)Cc1nc2cccc3c2n1CCNC3=O. The first-order valence-corrected chi connectivity index (χ1v) is 7.54. The molecule has 1 aromatic carbocycles. The zero-order chi connectivity index (χ0) is 15.7. The molecule has 0 spiro atoms. The molecule has 1 aromatic heterocycles. The van der Waals surface area contributed by atoms with Crippen LogP contribution < -0.4 is 5.32 Å². The Morgan fingerprint density at radius 1 is 1.50 bits per heavy atom. The Balaban J connectivity index is 2.01. The number of hydrogen-bond donors (Lipinski definition) is 1. The van der Waals surface area contributed by atoms with Crippen molar-refractivity contribution < 1.29 is 14.3 Å². The molecular formula is C16H19N3O3. The van der Waals surface area contributed by atoms with Gasteiger partial charge in [0.15, 0.2) is 0 Å². The highest BCUT2D eigenvalue weighted by Crippen LogP contribution is 2.24. The van der Waals surface area contributed by atoms with Crippen molar-refractivity contribution in [3.63, 3.8) is 0 Å². The van der Waals surface area contributed by atoms with Gasteiger partial charge in [0.2, 0.25) is 0 Å². The summed E-state index contributed by atoms with van der Waals surface area (Å²) in [5.41, 5.74) is 2.28. The molecular weight excluding hydrogens is 282 g/mol. The second-order valence-corrected chi connectivity index (χ2v) is 5.47. The number of para-hydroxylation sites is 1. The van der Waals surface area contributed by atoms with Crippen molar-refractivity contribution in [2.75, 3.05) is 13.2 Å². The minimum Gasteiger partial charge on any atom is -0.466 e. The van der Waals surface area contributed by atoms with E-state index in [1.165, 1.54) is 0 Å². The van der Waals surface area contributed by atoms with Crippen LogP contribution in [0.5, 0.6) is 0 Å². The number of rotatable bonds is 4. The minimum atomic E-state index is -0.261. The molecule has 2 heterocycles. The summed E-state index contributed by atoms with van der Waals surface area (Å²) in [6, 6.07) is 5.53. The second-order valence-electron chi connectivity index (χ2n) is 5.47. The Morgan fingerprint density at radius 3 is 3.09 bits per heavy atom. The standard InChI is InChI=1S/C16H19N3O3/c1-3-22-16(21)10(2)9-13-18-12-6-4-5-11-14(12)19(13)8-7-17-15(11)20/h4-6,10H,3,7-9H2,1-2H3,(H,17,20)/t10-/m0/s1. The monoisotopic (exact) mass is 301 g/mol. The van der Waals surface area contributed by atoms with E-state index in [-0.39, 0.29) is 17.8 Å². The Kier molecular flexibility index (Phi) is 3.83. The molecule has 0 saturated carbocycles. The molecule has 0 aliphatic carbocycles. The molecule has 0 radical (unpaired) electrons. The first kappa shape index (κ1) is 14.6. The lowest BCUT2D eigenvalue weighted by molar-refractivity contribution is -0.147. The fourth-order valence-corrected chi connectivity index (χ4v) is 2.83. The van der Waals surface area contributed by atoms with Gasteiger partial charge in [-0.05, 0) is 19.1 Å². The predicted molar refractivity (Wildman–Crippen MR) is 81.6 cm³/mol. The molecule has 6 heteroatoms. The maximum absolute atomic E-state index is 12.1. The third-order valence-electron chi connectivity index (χ3n) is 3.89. The summed E-state index contributed by atoms with van der Waals surface area (Å²) >= 11 is 0. The molecule has 1 amide bonds. The number of esters is 1. The molecule has 22 heavy (non-hydrogen) atoms. The highest BCUT2D eigenvalue weighted by atomic mass is 16.5. The number of hydrogen-bond acceptors (Lipinski definition) is 4. The van der Waals surface area contributed by atoms with Crippen LogP contribution in [-0.2, 0) is 22.5 Å². The maximum Gasteiger partial charge on any atom is 0.309 e. The molecule has 116 valence electrons. The van der Waals surface area contributed by atoms with Crippen molar-refractivity contribution in [3.05, 3.63) is 29.6 Å². The Hall–Kier alpha value is -2.37. The Labute approximate surface area is 128 Å². The minimum absolute atomic E-state index is 0.0748. The quantitative estimate of drug-likeness (QED) is 0.869. The first-order chi connectivity index (χ1) is 10.6. The van der Waals surface area contributed by atoms with Crippen LogP contribution in [0.25, 0.3) is 11.0 Å². The van der Waals surface area contributed by atoms with Crippen LogP contribution >= 0.6 is 0 Å². The van der Waals surface area contributed by atoms with Crippen LogP contribution in [0.15, 0.2) is 18.2 Å². The van der Waals surface area contributed by atoms with E-state index in [9.17, 15) is 9.59 Å². The van der Waals surface area contributed by atoms with Crippen LogP contribution in [0.4, 0.5) is 0 Å². The normalized spacial score (nSPS) is 15.3. The van der Waals surface area contributed by atoms with Crippen LogP contribution in [0.2, 0.25) is 0 Å². The number of amides is 1. The number of benzene rings is 1. The third-order valence-corrected chi connectivity index (χ3v) is 3.89. The number of imidazole rings is 1. The van der Waals surface area contributed by atoms with Gasteiger partial charge in [-0.25, -0.2) is 4.98 Å². The van der Waals surface area contributed by atoms with Gasteiger partial charge in [-0.15, -0.1) is 0 Å². The van der Waals surface area contributed by atoms with E-state index in [1.54, 1.807) is 13.0 Å².